The molecule has 154 valence electrons. The van der Waals surface area contributed by atoms with Crippen molar-refractivity contribution >= 4 is 40.0 Å². The van der Waals surface area contributed by atoms with Gasteiger partial charge in [0.15, 0.2) is 11.0 Å². The molecule has 0 radical (unpaired) electrons. The standard InChI is InChI=1S/C21H20N4O3S2/c1-2-13-5-6-15-14(11-19(27)28-16(15)10-13)12-30-21-24-23-20(17-4-3-9-29-17)25(21)8-7-18(22)26/h3-6,9-11H,2,7-8,12H2,1H3,(H2,22,26). The van der Waals surface area contributed by atoms with Crippen LogP contribution in [0.2, 0.25) is 0 Å². The summed E-state index contributed by atoms with van der Waals surface area (Å²) in [4.78, 5) is 24.4. The van der Waals surface area contributed by atoms with Crippen molar-refractivity contribution in [3.63, 3.8) is 0 Å². The molecule has 1 aromatic carbocycles. The van der Waals surface area contributed by atoms with Crippen molar-refractivity contribution in [2.45, 2.75) is 37.2 Å². The van der Waals surface area contributed by atoms with Crippen molar-refractivity contribution in [2.75, 3.05) is 0 Å². The molecule has 7 nitrogen and oxygen atoms in total. The summed E-state index contributed by atoms with van der Waals surface area (Å²) in [7, 11) is 0. The second kappa shape index (κ2) is 8.85. The molecule has 0 unspecified atom stereocenters. The Morgan fingerprint density at radius 1 is 1.27 bits per heavy atom. The number of aromatic nitrogens is 3. The van der Waals surface area contributed by atoms with Gasteiger partial charge in [0.2, 0.25) is 5.91 Å². The van der Waals surface area contributed by atoms with Crippen molar-refractivity contribution in [1.82, 2.24) is 14.8 Å². The third-order valence-corrected chi connectivity index (χ3v) is 6.58. The van der Waals surface area contributed by atoms with E-state index >= 15 is 0 Å². The predicted molar refractivity (Wildman–Crippen MR) is 119 cm³/mol. The van der Waals surface area contributed by atoms with Crippen molar-refractivity contribution in [2.24, 2.45) is 5.73 Å². The molecule has 0 aliphatic rings. The highest BCUT2D eigenvalue weighted by Crippen LogP contribution is 2.30. The van der Waals surface area contributed by atoms with E-state index in [0.717, 1.165) is 27.8 Å². The van der Waals surface area contributed by atoms with Crippen LogP contribution < -0.4 is 11.4 Å². The van der Waals surface area contributed by atoms with Gasteiger partial charge in [-0.15, -0.1) is 21.5 Å². The van der Waals surface area contributed by atoms with Crippen LogP contribution in [0.3, 0.4) is 0 Å². The monoisotopic (exact) mass is 440 g/mol. The van der Waals surface area contributed by atoms with E-state index in [1.807, 2.05) is 40.3 Å². The van der Waals surface area contributed by atoms with Gasteiger partial charge in [-0.1, -0.05) is 36.9 Å². The molecule has 0 saturated heterocycles. The van der Waals surface area contributed by atoms with Gasteiger partial charge in [0.1, 0.15) is 5.58 Å². The number of thiophene rings is 1. The highest BCUT2D eigenvalue weighted by Gasteiger charge is 2.17. The molecule has 0 aliphatic carbocycles. The van der Waals surface area contributed by atoms with Crippen molar-refractivity contribution in [3.8, 4) is 10.7 Å². The second-order valence-electron chi connectivity index (χ2n) is 6.71. The number of amides is 1. The number of rotatable bonds is 8. The normalized spacial score (nSPS) is 11.2. The molecule has 0 fully saturated rings. The molecule has 4 aromatic rings. The molecule has 30 heavy (non-hydrogen) atoms. The summed E-state index contributed by atoms with van der Waals surface area (Å²) in [6, 6.07) is 11.4. The molecule has 0 atom stereocenters. The number of aryl methyl sites for hydroxylation is 1. The lowest BCUT2D eigenvalue weighted by atomic mass is 10.1. The van der Waals surface area contributed by atoms with E-state index in [-0.39, 0.29) is 18.0 Å². The fourth-order valence-corrected chi connectivity index (χ4v) is 4.84. The number of thioether (sulfide) groups is 1. The number of fused-ring (bicyclic) bond motifs is 1. The van der Waals surface area contributed by atoms with Gasteiger partial charge in [0.25, 0.3) is 0 Å². The number of hydrogen-bond acceptors (Lipinski definition) is 7. The third kappa shape index (κ3) is 4.31. The van der Waals surface area contributed by atoms with Crippen molar-refractivity contribution < 1.29 is 9.21 Å². The van der Waals surface area contributed by atoms with Gasteiger partial charge in [0.05, 0.1) is 4.88 Å². The summed E-state index contributed by atoms with van der Waals surface area (Å²) in [5, 5.41) is 12.2. The molecular formula is C21H20N4O3S2. The van der Waals surface area contributed by atoms with Gasteiger partial charge >= 0.3 is 5.63 Å². The maximum Gasteiger partial charge on any atom is 0.336 e. The quantitative estimate of drug-likeness (QED) is 0.330. The first-order valence-corrected chi connectivity index (χ1v) is 11.4. The van der Waals surface area contributed by atoms with E-state index < -0.39 is 0 Å². The first-order chi connectivity index (χ1) is 14.5. The van der Waals surface area contributed by atoms with Crippen molar-refractivity contribution in [1.29, 1.82) is 0 Å². The Labute approximate surface area is 180 Å². The van der Waals surface area contributed by atoms with E-state index in [1.54, 1.807) is 11.3 Å². The van der Waals surface area contributed by atoms with Gasteiger partial charge in [0, 0.05) is 30.2 Å². The summed E-state index contributed by atoms with van der Waals surface area (Å²) in [6.07, 6.45) is 1.06. The van der Waals surface area contributed by atoms with Crippen LogP contribution in [0.1, 0.15) is 24.5 Å². The van der Waals surface area contributed by atoms with Gasteiger partial charge in [-0.05, 0) is 35.1 Å². The van der Waals surface area contributed by atoms with E-state index in [2.05, 4.69) is 17.1 Å². The number of hydrogen-bond donors (Lipinski definition) is 1. The summed E-state index contributed by atoms with van der Waals surface area (Å²) in [5.74, 6) is 0.848. The molecule has 4 rings (SSSR count). The Hall–Kier alpha value is -2.91. The maximum atomic E-state index is 12.1. The number of benzene rings is 1. The number of nitrogens with two attached hydrogens (primary N) is 1. The van der Waals surface area contributed by atoms with Gasteiger partial charge in [-0.2, -0.15) is 0 Å². The van der Waals surface area contributed by atoms with Crippen LogP contribution in [-0.2, 0) is 23.5 Å². The zero-order valence-corrected chi connectivity index (χ0v) is 18.0. The fourth-order valence-electron chi connectivity index (χ4n) is 3.16. The molecule has 0 saturated carbocycles. The van der Waals surface area contributed by atoms with Crippen LogP contribution in [0, 0.1) is 0 Å². The van der Waals surface area contributed by atoms with Crippen LogP contribution >= 0.6 is 23.1 Å². The topological polar surface area (TPSA) is 104 Å². The van der Waals surface area contributed by atoms with Gasteiger partial charge < -0.3 is 14.7 Å². The van der Waals surface area contributed by atoms with E-state index in [1.165, 1.54) is 17.8 Å². The van der Waals surface area contributed by atoms with E-state index in [4.69, 9.17) is 10.2 Å². The van der Waals surface area contributed by atoms with Crippen LogP contribution in [0.15, 0.2) is 56.1 Å². The summed E-state index contributed by atoms with van der Waals surface area (Å²) >= 11 is 3.02. The minimum Gasteiger partial charge on any atom is -0.423 e. The number of nitrogens with zero attached hydrogens (tertiary/aromatic N) is 3. The van der Waals surface area contributed by atoms with Crippen LogP contribution in [0.4, 0.5) is 0 Å². The zero-order valence-electron chi connectivity index (χ0n) is 16.3. The Morgan fingerprint density at radius 2 is 2.13 bits per heavy atom. The minimum absolute atomic E-state index is 0.196. The summed E-state index contributed by atoms with van der Waals surface area (Å²) in [6.45, 7) is 2.46. The van der Waals surface area contributed by atoms with Crippen LogP contribution in [0.5, 0.6) is 0 Å². The average molecular weight is 441 g/mol. The molecule has 2 N–H and O–H groups in total. The van der Waals surface area contributed by atoms with Gasteiger partial charge in [-0.3, -0.25) is 4.79 Å². The summed E-state index contributed by atoms with van der Waals surface area (Å²) < 4.78 is 7.30. The lowest BCUT2D eigenvalue weighted by Crippen LogP contribution is -2.15. The lowest BCUT2D eigenvalue weighted by Gasteiger charge is -2.09. The minimum atomic E-state index is -0.379. The maximum absolute atomic E-state index is 12.1. The zero-order chi connectivity index (χ0) is 21.1. The molecular weight excluding hydrogens is 420 g/mol. The molecule has 1 amide bonds. The molecule has 9 heteroatoms. The number of carbonyl (C=O) groups is 1. The Kier molecular flexibility index (Phi) is 6.01. The summed E-state index contributed by atoms with van der Waals surface area (Å²) in [5.41, 5.74) is 7.55. The molecule has 0 aliphatic heterocycles. The SMILES string of the molecule is CCc1ccc2c(CSc3nnc(-c4cccs4)n3CCC(N)=O)cc(=O)oc2c1. The predicted octanol–water partition coefficient (Wildman–Crippen LogP) is 3.84. The highest BCUT2D eigenvalue weighted by atomic mass is 32.2. The Morgan fingerprint density at radius 3 is 2.87 bits per heavy atom. The fraction of sp³-hybridized carbons (Fsp3) is 0.238. The molecule has 0 spiro atoms. The molecule has 0 bridgehead atoms. The second-order valence-corrected chi connectivity index (χ2v) is 8.61. The first kappa shape index (κ1) is 20.4. The first-order valence-electron chi connectivity index (χ1n) is 9.49. The molecule has 3 heterocycles. The molecule has 3 aromatic heterocycles. The smallest absolute Gasteiger partial charge is 0.336 e. The number of primary amides is 1. The van der Waals surface area contributed by atoms with E-state index in [9.17, 15) is 9.59 Å². The van der Waals surface area contributed by atoms with Crippen molar-refractivity contribution in [3.05, 3.63) is 63.3 Å². The Balaban J connectivity index is 1.65. The van der Waals surface area contributed by atoms with Gasteiger partial charge in [-0.25, -0.2) is 4.79 Å². The average Bonchev–Trinajstić information content (AvgIpc) is 3.39. The lowest BCUT2D eigenvalue weighted by molar-refractivity contribution is -0.118. The largest absolute Gasteiger partial charge is 0.423 e. The van der Waals surface area contributed by atoms with Crippen LogP contribution in [-0.4, -0.2) is 20.7 Å². The van der Waals surface area contributed by atoms with Crippen LogP contribution in [0.25, 0.3) is 21.7 Å². The Bertz CT molecular complexity index is 1250. The highest BCUT2D eigenvalue weighted by molar-refractivity contribution is 7.98. The third-order valence-electron chi connectivity index (χ3n) is 4.70. The van der Waals surface area contributed by atoms with E-state index in [0.29, 0.717) is 28.9 Å². The number of carbonyl (C=O) groups excluding carboxylic acids is 1.